The molecule has 0 radical (unpaired) electrons. The van der Waals surface area contributed by atoms with E-state index >= 15 is 0 Å². The van der Waals surface area contributed by atoms with Gasteiger partial charge in [-0.3, -0.25) is 97.1 Å². The van der Waals surface area contributed by atoms with Gasteiger partial charge in [0.1, 0.15) is 72.5 Å². The van der Waals surface area contributed by atoms with Crippen molar-refractivity contribution in [3.63, 3.8) is 0 Å². The molecule has 44 nitrogen and oxygen atoms in total. The highest BCUT2D eigenvalue weighted by molar-refractivity contribution is 8.76. The zero-order valence-electron chi connectivity index (χ0n) is 68.2. The number of rotatable bonds is 53. The molecule has 0 aliphatic carbocycles. The molecule has 2 aromatic carbocycles. The normalized spacial score (nSPS) is 15.9. The lowest BCUT2D eigenvalue weighted by molar-refractivity contribution is -0.143. The number of fused-ring (bicyclic) bond motifs is 2. The fourth-order valence-corrected chi connectivity index (χ4v) is 16.0. The predicted octanol–water partition coefficient (Wildman–Crippen LogP) is -5.22. The van der Waals surface area contributed by atoms with Crippen LogP contribution in [0.2, 0.25) is 0 Å². The lowest BCUT2D eigenvalue weighted by Gasteiger charge is -2.30. The molecule has 0 spiro atoms. The maximum Gasteiger partial charge on any atom is 0.305 e. The molecule has 2 fully saturated rings. The Balaban J connectivity index is 0.978. The molecule has 2 aliphatic rings. The van der Waals surface area contributed by atoms with Crippen LogP contribution in [0.4, 0.5) is 0 Å². The van der Waals surface area contributed by atoms with Crippen molar-refractivity contribution in [3.8, 4) is 0 Å². The number of carboxylic acid groups (broad SMARTS) is 2. The van der Waals surface area contributed by atoms with Crippen LogP contribution in [0, 0.1) is 10.8 Å². The van der Waals surface area contributed by atoms with E-state index in [0.29, 0.717) is 58.6 Å². The summed E-state index contributed by atoms with van der Waals surface area (Å²) in [5.41, 5.74) is 24.2. The monoisotopic (exact) mass is 1810 g/mol. The van der Waals surface area contributed by atoms with Gasteiger partial charge in [-0.15, -0.1) is 0 Å². The van der Waals surface area contributed by atoms with Crippen LogP contribution in [-0.2, 0) is 99.1 Å². The molecule has 2 aromatic heterocycles. The highest BCUT2D eigenvalue weighted by Crippen LogP contribution is 2.27. The second kappa shape index (κ2) is 51.1. The van der Waals surface area contributed by atoms with E-state index in [9.17, 15) is 96.5 Å². The number of unbranched alkanes of at least 4 members (excludes halogenated alkanes) is 2. The Morgan fingerprint density at radius 2 is 0.815 bits per heavy atom. The van der Waals surface area contributed by atoms with Crippen LogP contribution < -0.4 is 97.4 Å². The van der Waals surface area contributed by atoms with E-state index in [0.717, 1.165) is 0 Å². The maximum absolute atomic E-state index is 14.5. The topological polar surface area (TPSA) is 706 Å². The van der Waals surface area contributed by atoms with Crippen LogP contribution in [0.15, 0.2) is 60.9 Å². The van der Waals surface area contributed by atoms with Gasteiger partial charge in [-0.2, -0.15) is 25.3 Å². The average molecular weight is 1810 g/mol. The number of primary amides is 2. The third-order valence-corrected chi connectivity index (χ3v) is 23.0. The Kier molecular flexibility index (Phi) is 41.5. The van der Waals surface area contributed by atoms with Crippen LogP contribution in [0.5, 0.6) is 0 Å². The average Bonchev–Trinajstić information content (AvgIpc) is 1.51. The number of benzene rings is 2. The Morgan fingerprint density at radius 3 is 1.16 bits per heavy atom. The summed E-state index contributed by atoms with van der Waals surface area (Å²) >= 11 is 8.17. The number of nitrogens with zero attached hydrogens (tertiary/aromatic N) is 2. The van der Waals surface area contributed by atoms with Crippen molar-refractivity contribution in [3.05, 3.63) is 72.1 Å². The number of para-hydroxylation sites is 2. The number of likely N-dealkylation sites (tertiary alicyclic amines) is 2. The molecule has 48 heteroatoms. The van der Waals surface area contributed by atoms with Gasteiger partial charge in [0.05, 0.1) is 25.9 Å². The van der Waals surface area contributed by atoms with E-state index in [2.05, 4.69) is 110 Å². The molecule has 2 aliphatic heterocycles. The van der Waals surface area contributed by atoms with E-state index in [1.807, 2.05) is 0 Å². The van der Waals surface area contributed by atoms with Crippen molar-refractivity contribution in [1.29, 1.82) is 10.8 Å². The van der Waals surface area contributed by atoms with Gasteiger partial charge in [-0.05, 0) is 101 Å². The fraction of sp³-hybridized carbons (Fsp3) is 0.526. The number of nitrogens with two attached hydrogens (primary N) is 4. The third-order valence-electron chi connectivity index (χ3n) is 19.9. The summed E-state index contributed by atoms with van der Waals surface area (Å²) in [6.07, 6.45) is 2.78. The van der Waals surface area contributed by atoms with Gasteiger partial charge in [0.15, 0.2) is 11.9 Å². The summed E-state index contributed by atoms with van der Waals surface area (Å²) in [5, 5.41) is 71.1. The van der Waals surface area contributed by atoms with Crippen LogP contribution in [0.25, 0.3) is 21.8 Å². The van der Waals surface area contributed by atoms with Gasteiger partial charge in [-0.1, -0.05) is 58.0 Å². The number of aromatic nitrogens is 2. The largest absolute Gasteiger partial charge is 0.481 e. The molecular formula is C76H110N24O20S4. The molecular weight excluding hydrogens is 1700 g/mol. The van der Waals surface area contributed by atoms with E-state index in [4.69, 9.17) is 33.8 Å². The number of nitrogens with one attached hydrogen (secondary N) is 18. The quantitative estimate of drug-likeness (QED) is 0.00646. The number of hydrogen-bond acceptors (Lipinski definition) is 24. The van der Waals surface area contributed by atoms with Crippen molar-refractivity contribution in [2.75, 3.05) is 62.3 Å². The highest BCUT2D eigenvalue weighted by atomic mass is 33.1. The van der Waals surface area contributed by atoms with Gasteiger partial charge < -0.3 is 127 Å². The summed E-state index contributed by atoms with van der Waals surface area (Å²) < 4.78 is 0. The van der Waals surface area contributed by atoms with Gasteiger partial charge in [0, 0.05) is 109 Å². The molecule has 16 amide bonds. The van der Waals surface area contributed by atoms with Crippen LogP contribution in [-0.4, -0.2) is 283 Å². The minimum Gasteiger partial charge on any atom is -0.481 e. The fourth-order valence-electron chi connectivity index (χ4n) is 13.5. The second-order valence-electron chi connectivity index (χ2n) is 29.3. The van der Waals surface area contributed by atoms with Gasteiger partial charge in [0.2, 0.25) is 94.5 Å². The number of hydrogen-bond donors (Lipinski definition) is 26. The third kappa shape index (κ3) is 33.0. The standard InChI is InChI=1S/C76H110N24O20S4/c1-39(65(111)93-47(17-7-9-23-83-75(79)80)67(113)87-35-59(103)91-49(31-61(105)106)69(115)95-51(29-41-33-85-45-15-5-3-13-43(41)45)73(119)99-25-11-19-55(99)71(117)97-53(37-121)63(77)109)89-57(101)21-27-123-124-28-22-58(102)90-40(2)66(112)94-48(18-8-10-24-84-76(81)82)68(114)88-36-60(104)92-50(32-62(107)108)70(116)96-52(30-42-34-86-46-16-6-4-14-44(42)46)74(120)100-26-12-20-56(100)72(118)98-54(38-122)64(78)110/h3-6,13-16,33-34,39-40,47-56,85-86,121-122H,7-12,17-32,35-38H2,1-2H3,(H2,77,109)(H2,78,110)(H,87,113)(H,88,114)(H,89,101)(H,90,102)(H,91,103)(H,92,104)(H,93,111)(H,94,112)(H,95,115)(H,96,116)(H,97,117)(H,98,118)(H,105,106)(H,107,108)(H4,79,80,83)(H4,81,82,84)/t39-,40-,47+,48+,49+,50+,51+,52+,53+,54+,55+,56+/m1/s1. The Morgan fingerprint density at radius 1 is 0.452 bits per heavy atom. The number of carboxylic acids is 2. The lowest BCUT2D eigenvalue weighted by Crippen LogP contribution is -2.59. The van der Waals surface area contributed by atoms with E-state index < -0.39 is 205 Å². The Bertz CT molecular complexity index is 4240. The Labute approximate surface area is 731 Å². The van der Waals surface area contributed by atoms with E-state index in [1.54, 1.807) is 60.9 Å². The predicted molar refractivity (Wildman–Crippen MR) is 462 cm³/mol. The first-order valence-corrected chi connectivity index (χ1v) is 43.6. The van der Waals surface area contributed by atoms with Crippen molar-refractivity contribution >= 4 is 187 Å². The molecule has 124 heavy (non-hydrogen) atoms. The molecule has 12 atom stereocenters. The first-order valence-electron chi connectivity index (χ1n) is 39.9. The first kappa shape index (κ1) is 101. The van der Waals surface area contributed by atoms with E-state index in [1.165, 1.54) is 45.2 Å². The van der Waals surface area contributed by atoms with Gasteiger partial charge in [0.25, 0.3) is 0 Å². The van der Waals surface area contributed by atoms with Crippen molar-refractivity contribution < 1.29 is 96.5 Å². The second-order valence-corrected chi connectivity index (χ2v) is 32.7. The summed E-state index contributed by atoms with van der Waals surface area (Å²) in [5.74, 6) is -17.2. The molecule has 0 bridgehead atoms. The van der Waals surface area contributed by atoms with Crippen LogP contribution in [0.3, 0.4) is 0 Å². The highest BCUT2D eigenvalue weighted by Gasteiger charge is 2.43. The number of H-pyrrole nitrogens is 2. The van der Waals surface area contributed by atoms with Gasteiger partial charge >= 0.3 is 11.9 Å². The SMILES string of the molecule is C[C@@H](NC(=O)CCSSCCC(=O)N[C@H](C)C(=O)N[C@@H](CCCCNC(=N)N)C(=O)NCC(=O)N[C@@H](CC(=O)O)C(=O)N[C@@H](Cc1c[nH]c2ccccc12)C(=O)N1CCC[C@H]1C(=O)N[C@@H](CS)C(N)=O)C(=O)N[C@@H](CCCCNC(=N)N)C(=O)NCC(=O)N[C@@H](CC(=O)O)C(=O)N[C@@H](Cc1c[nH]c2ccccc12)C(=O)N1CCC[C@H]1C(=O)N[C@@H](CS)C(N)=O. The van der Waals surface area contributed by atoms with Gasteiger partial charge in [-0.25, -0.2) is 0 Å². The number of carbonyl (C=O) groups excluding carboxylic acids is 16. The molecule has 4 heterocycles. The number of aromatic amines is 2. The van der Waals surface area contributed by atoms with E-state index in [-0.39, 0.29) is 125 Å². The zero-order valence-corrected chi connectivity index (χ0v) is 71.7. The minimum atomic E-state index is -1.84. The molecule has 6 rings (SSSR count). The molecule has 0 unspecified atom stereocenters. The lowest BCUT2D eigenvalue weighted by atomic mass is 10.0. The summed E-state index contributed by atoms with van der Waals surface area (Å²) in [7, 11) is 2.40. The van der Waals surface area contributed by atoms with Crippen molar-refractivity contribution in [1.82, 2.24) is 94.2 Å². The molecule has 28 N–H and O–H groups in total. The summed E-state index contributed by atoms with van der Waals surface area (Å²) in [6, 6.07) is -2.15. The number of amides is 16. The summed E-state index contributed by atoms with van der Waals surface area (Å²) in [6.45, 7) is 1.51. The molecule has 0 saturated carbocycles. The van der Waals surface area contributed by atoms with Crippen molar-refractivity contribution in [2.45, 2.75) is 189 Å². The number of aliphatic carboxylic acids is 2. The molecule has 2 saturated heterocycles. The van der Waals surface area contributed by atoms with Crippen LogP contribution in [0.1, 0.15) is 115 Å². The number of carbonyl (C=O) groups is 18. The maximum atomic E-state index is 14.5. The summed E-state index contributed by atoms with van der Waals surface area (Å²) in [4.78, 5) is 250. The number of thiol groups is 2. The zero-order chi connectivity index (χ0) is 91.3. The van der Waals surface area contributed by atoms with Crippen LogP contribution >= 0.6 is 46.8 Å². The molecule has 678 valence electrons. The first-order chi connectivity index (χ1) is 59.0. The Hall–Kier alpha value is -12.1. The minimum absolute atomic E-state index is 0.0475. The number of guanidine groups is 2. The smallest absolute Gasteiger partial charge is 0.305 e. The molecule has 4 aromatic rings. The van der Waals surface area contributed by atoms with Crippen molar-refractivity contribution in [2.24, 2.45) is 22.9 Å².